The van der Waals surface area contributed by atoms with Crippen LogP contribution in [-0.2, 0) is 0 Å². The summed E-state index contributed by atoms with van der Waals surface area (Å²) in [5.41, 5.74) is 1.05. The van der Waals surface area contributed by atoms with Crippen LogP contribution in [0.3, 0.4) is 0 Å². The summed E-state index contributed by atoms with van der Waals surface area (Å²) in [4.78, 5) is 2.97. The SMILES string of the molecule is CC1CC(N2CCNCC23CCCCC3)CC(C)(C)C1. The molecule has 0 aromatic heterocycles. The zero-order chi connectivity index (χ0) is 14.2. The van der Waals surface area contributed by atoms with Crippen LogP contribution in [0.25, 0.3) is 0 Å². The van der Waals surface area contributed by atoms with Gasteiger partial charge in [-0.15, -0.1) is 0 Å². The molecule has 2 atom stereocenters. The number of piperazine rings is 1. The lowest BCUT2D eigenvalue weighted by molar-refractivity contribution is -0.0438. The van der Waals surface area contributed by atoms with Crippen molar-refractivity contribution in [1.29, 1.82) is 0 Å². The van der Waals surface area contributed by atoms with E-state index in [9.17, 15) is 0 Å². The van der Waals surface area contributed by atoms with Gasteiger partial charge >= 0.3 is 0 Å². The number of nitrogens with one attached hydrogen (secondary N) is 1. The fraction of sp³-hybridized carbons (Fsp3) is 1.00. The predicted molar refractivity (Wildman–Crippen MR) is 86.0 cm³/mol. The van der Waals surface area contributed by atoms with Crippen LogP contribution in [0.15, 0.2) is 0 Å². The molecule has 0 aromatic carbocycles. The molecule has 1 aliphatic heterocycles. The number of hydrogen-bond donors (Lipinski definition) is 1. The maximum absolute atomic E-state index is 3.70. The summed E-state index contributed by atoms with van der Waals surface area (Å²) in [6.45, 7) is 11.2. The Morgan fingerprint density at radius 2 is 1.80 bits per heavy atom. The zero-order valence-corrected chi connectivity index (χ0v) is 13.9. The van der Waals surface area contributed by atoms with Crippen molar-refractivity contribution >= 4 is 0 Å². The lowest BCUT2D eigenvalue weighted by Crippen LogP contribution is -2.65. The molecule has 2 saturated carbocycles. The Hall–Kier alpha value is -0.0800. The van der Waals surface area contributed by atoms with E-state index in [4.69, 9.17) is 0 Å². The smallest absolute Gasteiger partial charge is 0.0337 e. The largest absolute Gasteiger partial charge is 0.314 e. The van der Waals surface area contributed by atoms with Crippen LogP contribution in [0.4, 0.5) is 0 Å². The van der Waals surface area contributed by atoms with Crippen molar-refractivity contribution < 1.29 is 0 Å². The fourth-order valence-corrected chi connectivity index (χ4v) is 5.64. The van der Waals surface area contributed by atoms with E-state index in [1.807, 2.05) is 0 Å². The maximum Gasteiger partial charge on any atom is 0.0337 e. The second kappa shape index (κ2) is 5.61. The molecular formula is C18H34N2. The molecule has 0 bridgehead atoms. The van der Waals surface area contributed by atoms with Crippen LogP contribution in [0.2, 0.25) is 0 Å². The van der Waals surface area contributed by atoms with E-state index in [1.54, 1.807) is 0 Å². The lowest BCUT2D eigenvalue weighted by atomic mass is 9.68. The highest BCUT2D eigenvalue weighted by Gasteiger charge is 2.45. The molecule has 3 rings (SSSR count). The number of hydrogen-bond acceptors (Lipinski definition) is 2. The van der Waals surface area contributed by atoms with E-state index in [0.717, 1.165) is 12.0 Å². The van der Waals surface area contributed by atoms with Crippen molar-refractivity contribution in [2.45, 2.75) is 83.7 Å². The van der Waals surface area contributed by atoms with E-state index in [2.05, 4.69) is 31.0 Å². The van der Waals surface area contributed by atoms with Gasteiger partial charge in [-0.2, -0.15) is 0 Å². The molecule has 2 aliphatic carbocycles. The molecule has 1 spiro atoms. The van der Waals surface area contributed by atoms with Crippen LogP contribution in [-0.4, -0.2) is 36.1 Å². The fourth-order valence-electron chi connectivity index (χ4n) is 5.64. The average molecular weight is 278 g/mol. The van der Waals surface area contributed by atoms with Crippen molar-refractivity contribution in [2.75, 3.05) is 19.6 Å². The molecule has 3 fully saturated rings. The summed E-state index contributed by atoms with van der Waals surface area (Å²) in [6.07, 6.45) is 11.5. The molecule has 0 radical (unpaired) electrons. The highest BCUT2D eigenvalue weighted by atomic mass is 15.3. The minimum atomic E-state index is 0.508. The van der Waals surface area contributed by atoms with Crippen LogP contribution < -0.4 is 5.32 Å². The highest BCUT2D eigenvalue weighted by molar-refractivity contribution is 5.02. The second-order valence-electron chi connectivity index (χ2n) is 8.72. The second-order valence-corrected chi connectivity index (χ2v) is 8.72. The number of rotatable bonds is 1. The first-order chi connectivity index (χ1) is 9.51. The van der Waals surface area contributed by atoms with Gasteiger partial charge in [0.25, 0.3) is 0 Å². The van der Waals surface area contributed by atoms with E-state index in [1.165, 1.54) is 71.0 Å². The molecular weight excluding hydrogens is 244 g/mol. The van der Waals surface area contributed by atoms with Crippen LogP contribution in [0.1, 0.15) is 72.1 Å². The Morgan fingerprint density at radius 1 is 1.05 bits per heavy atom. The third-order valence-corrected chi connectivity index (χ3v) is 6.18. The molecule has 2 nitrogen and oxygen atoms in total. The van der Waals surface area contributed by atoms with Gasteiger partial charge in [0.2, 0.25) is 0 Å². The van der Waals surface area contributed by atoms with Gasteiger partial charge in [0.15, 0.2) is 0 Å². The first kappa shape index (κ1) is 14.8. The minimum absolute atomic E-state index is 0.508. The summed E-state index contributed by atoms with van der Waals surface area (Å²) >= 11 is 0. The van der Waals surface area contributed by atoms with Gasteiger partial charge in [0, 0.05) is 31.2 Å². The molecule has 20 heavy (non-hydrogen) atoms. The predicted octanol–water partition coefficient (Wildman–Crippen LogP) is 3.81. The van der Waals surface area contributed by atoms with E-state index in [-0.39, 0.29) is 0 Å². The monoisotopic (exact) mass is 278 g/mol. The molecule has 1 saturated heterocycles. The summed E-state index contributed by atoms with van der Waals surface area (Å²) in [7, 11) is 0. The van der Waals surface area contributed by atoms with Crippen molar-refractivity contribution in [2.24, 2.45) is 11.3 Å². The van der Waals surface area contributed by atoms with E-state index in [0.29, 0.717) is 11.0 Å². The van der Waals surface area contributed by atoms with Gasteiger partial charge in [-0.25, -0.2) is 0 Å². The van der Waals surface area contributed by atoms with Gasteiger partial charge in [-0.1, -0.05) is 40.0 Å². The maximum atomic E-state index is 3.70. The lowest BCUT2D eigenvalue weighted by Gasteiger charge is -2.56. The molecule has 116 valence electrons. The standard InChI is InChI=1S/C18H34N2/c1-15-11-16(13-17(2,3)12-15)20-10-9-19-14-18(20)7-5-4-6-8-18/h15-16,19H,4-14H2,1-3H3. The molecule has 3 aliphatic rings. The summed E-state index contributed by atoms with van der Waals surface area (Å²) < 4.78 is 0. The average Bonchev–Trinajstić information content (AvgIpc) is 2.37. The van der Waals surface area contributed by atoms with Gasteiger partial charge in [-0.3, -0.25) is 4.90 Å². The summed E-state index contributed by atoms with van der Waals surface area (Å²) in [5, 5.41) is 3.70. The van der Waals surface area contributed by atoms with Crippen LogP contribution in [0, 0.1) is 11.3 Å². The van der Waals surface area contributed by atoms with Crippen molar-refractivity contribution in [3.05, 3.63) is 0 Å². The summed E-state index contributed by atoms with van der Waals surface area (Å²) in [5.74, 6) is 0.902. The van der Waals surface area contributed by atoms with Gasteiger partial charge in [0.1, 0.15) is 0 Å². The summed E-state index contributed by atoms with van der Waals surface area (Å²) in [6, 6.07) is 0.842. The third kappa shape index (κ3) is 2.92. The van der Waals surface area contributed by atoms with E-state index < -0.39 is 0 Å². The van der Waals surface area contributed by atoms with Crippen molar-refractivity contribution in [3.63, 3.8) is 0 Å². The minimum Gasteiger partial charge on any atom is -0.314 e. The molecule has 2 heteroatoms. The van der Waals surface area contributed by atoms with E-state index >= 15 is 0 Å². The molecule has 1 N–H and O–H groups in total. The topological polar surface area (TPSA) is 15.3 Å². The van der Waals surface area contributed by atoms with Gasteiger partial charge < -0.3 is 5.32 Å². The molecule has 2 unspecified atom stereocenters. The van der Waals surface area contributed by atoms with Crippen molar-refractivity contribution in [1.82, 2.24) is 10.2 Å². The van der Waals surface area contributed by atoms with Gasteiger partial charge in [0.05, 0.1) is 0 Å². The van der Waals surface area contributed by atoms with Crippen molar-refractivity contribution in [3.8, 4) is 0 Å². The van der Waals surface area contributed by atoms with Gasteiger partial charge in [-0.05, 0) is 43.4 Å². The Kier molecular flexibility index (Phi) is 4.16. The number of nitrogens with zero attached hydrogens (tertiary/aromatic N) is 1. The zero-order valence-electron chi connectivity index (χ0n) is 13.9. The highest BCUT2D eigenvalue weighted by Crippen LogP contribution is 2.44. The first-order valence-corrected chi connectivity index (χ1v) is 8.98. The first-order valence-electron chi connectivity index (χ1n) is 8.98. The van der Waals surface area contributed by atoms with Crippen LogP contribution >= 0.6 is 0 Å². The Balaban J connectivity index is 1.78. The normalized spacial score (nSPS) is 38.0. The quantitative estimate of drug-likeness (QED) is 0.784. The Labute approximate surface area is 125 Å². The molecule has 0 amide bonds. The Morgan fingerprint density at radius 3 is 2.50 bits per heavy atom. The van der Waals surface area contributed by atoms with Crippen LogP contribution in [0.5, 0.6) is 0 Å². The Bertz CT molecular complexity index is 322. The molecule has 1 heterocycles. The molecule has 0 aromatic rings. The third-order valence-electron chi connectivity index (χ3n) is 6.18.